The minimum Gasteiger partial charge on any atom is -0.457 e. The fraction of sp³-hybridized carbons (Fsp3) is 0.0606. The van der Waals surface area contributed by atoms with E-state index in [2.05, 4.69) is 36.8 Å². The highest BCUT2D eigenvalue weighted by Gasteiger charge is 2.72. The topological polar surface area (TPSA) is 209 Å². The summed E-state index contributed by atoms with van der Waals surface area (Å²) < 4.78 is 104. The van der Waals surface area contributed by atoms with Gasteiger partial charge in [0.25, 0.3) is 35.4 Å². The van der Waals surface area contributed by atoms with Gasteiger partial charge in [0.05, 0.1) is 56.9 Å². The number of Topliss-reactive ketones (excluding diaryl/α,β-unsaturated/α-hetero) is 2. The molecule has 90 heavy (non-hydrogen) atoms. The van der Waals surface area contributed by atoms with E-state index in [1.54, 1.807) is 36.4 Å². The zero-order valence-corrected chi connectivity index (χ0v) is 48.5. The Labute approximate surface area is 519 Å². The number of benzene rings is 9. The van der Waals surface area contributed by atoms with E-state index >= 15 is 26.3 Å². The number of hydrogen-bond donors (Lipinski definition) is 1. The summed E-state index contributed by atoms with van der Waals surface area (Å²) in [6.45, 7) is 0. The van der Waals surface area contributed by atoms with Gasteiger partial charge >= 0.3 is 12.4 Å². The number of fused-ring (bicyclic) bond motifs is 4. The molecule has 0 fully saturated rings. The van der Waals surface area contributed by atoms with Gasteiger partial charge in [-0.15, -0.1) is 0 Å². The van der Waals surface area contributed by atoms with Crippen molar-refractivity contribution < 1.29 is 84.0 Å². The minimum absolute atomic E-state index is 0.0231. The summed E-state index contributed by atoms with van der Waals surface area (Å²) in [7, 11) is 0. The number of amides is 6. The lowest BCUT2D eigenvalue weighted by molar-refractivity contribution is -0.288. The van der Waals surface area contributed by atoms with Gasteiger partial charge in [-0.3, -0.25) is 38.4 Å². The van der Waals surface area contributed by atoms with Gasteiger partial charge in [-0.05, 0) is 168 Å². The molecule has 6 amide bonds. The molecule has 0 saturated heterocycles. The highest BCUT2D eigenvalue weighted by atomic mass is 79.9. The van der Waals surface area contributed by atoms with Crippen molar-refractivity contribution in [2.45, 2.75) is 24.2 Å². The molecule has 9 aromatic rings. The molecule has 0 aromatic heterocycles. The molecule has 13 rings (SSSR count). The molecule has 2 N–H and O–H groups in total. The fourth-order valence-corrected chi connectivity index (χ4v) is 13.2. The van der Waals surface area contributed by atoms with Crippen LogP contribution in [0, 0.1) is 0 Å². The van der Waals surface area contributed by atoms with Crippen LogP contribution < -0.4 is 35.0 Å². The lowest BCUT2D eigenvalue weighted by Crippen LogP contribution is -2.54. The van der Waals surface area contributed by atoms with Crippen molar-refractivity contribution in [1.82, 2.24) is 0 Å². The van der Waals surface area contributed by atoms with Crippen LogP contribution in [0.3, 0.4) is 0 Å². The standard InChI is InChI=1S/C66H34Br2F6N4O12/c67-51-29-42(89-90-75)30-52(68)57(51)78-60(83)48-6-2-4-44(56(48)63(78)86)33-8-26-46-50(28-33)62(85)77(59(46)82)37-15-23-41(24-16-37)88-39-19-11-35(12-20-39)64(65(69,70)71,66(72,73)74)34-9-17-38(18-10-34)87-40-21-13-36(14-22-40)76-58(81)45-25-7-32(27-49(45)61(76)84)43-3-1-5-47-53(79)31-54(80)55(43)47/h1-30H,31,75H2. The van der Waals surface area contributed by atoms with Crippen molar-refractivity contribution in [1.29, 1.82) is 0 Å². The van der Waals surface area contributed by atoms with E-state index in [4.69, 9.17) is 20.3 Å². The van der Waals surface area contributed by atoms with Gasteiger partial charge < -0.3 is 14.4 Å². The first-order valence-corrected chi connectivity index (χ1v) is 28.3. The molecule has 4 aliphatic rings. The molecule has 0 unspecified atom stereocenters. The number of nitrogens with zero attached hydrogens (tertiary/aromatic N) is 3. The second kappa shape index (κ2) is 21.7. The largest absolute Gasteiger partial charge is 0.457 e. The van der Waals surface area contributed by atoms with Crippen molar-refractivity contribution in [3.63, 3.8) is 0 Å². The van der Waals surface area contributed by atoms with Crippen molar-refractivity contribution in [3.05, 3.63) is 247 Å². The molecule has 0 saturated carbocycles. The number of anilines is 3. The van der Waals surface area contributed by atoms with E-state index < -0.39 is 64.3 Å². The molecule has 1 aliphatic carbocycles. The predicted octanol–water partition coefficient (Wildman–Crippen LogP) is 14.9. The number of ketones is 2. The van der Waals surface area contributed by atoms with Gasteiger partial charge in [-0.1, -0.05) is 71.7 Å². The van der Waals surface area contributed by atoms with Crippen molar-refractivity contribution in [3.8, 4) is 51.0 Å². The van der Waals surface area contributed by atoms with E-state index in [1.807, 2.05) is 0 Å². The number of carbonyl (C=O) groups is 8. The molecule has 0 bridgehead atoms. The Kier molecular flexibility index (Phi) is 14.1. The maximum atomic E-state index is 15.3. The zero-order chi connectivity index (χ0) is 63.5. The average molecular weight is 1350 g/mol. The third kappa shape index (κ3) is 9.36. The highest BCUT2D eigenvalue weighted by Crippen LogP contribution is 2.57. The van der Waals surface area contributed by atoms with Crippen molar-refractivity contribution in [2.24, 2.45) is 5.90 Å². The molecule has 446 valence electrons. The van der Waals surface area contributed by atoms with Crippen LogP contribution in [0.1, 0.15) is 100 Å². The quantitative estimate of drug-likeness (QED) is 0.0375. The van der Waals surface area contributed by atoms with E-state index in [-0.39, 0.29) is 123 Å². The molecule has 0 spiro atoms. The second-order valence-corrected chi connectivity index (χ2v) is 22.4. The summed E-state index contributed by atoms with van der Waals surface area (Å²) in [4.78, 5) is 120. The smallest absolute Gasteiger partial charge is 0.411 e. The summed E-state index contributed by atoms with van der Waals surface area (Å²) in [5.74, 6) is 0.102. The number of alkyl halides is 6. The third-order valence-corrected chi connectivity index (χ3v) is 16.9. The number of ether oxygens (including phenoxy) is 2. The monoisotopic (exact) mass is 1350 g/mol. The molecule has 0 atom stereocenters. The zero-order valence-electron chi connectivity index (χ0n) is 45.4. The van der Waals surface area contributed by atoms with Gasteiger partial charge in [-0.2, -0.15) is 32.2 Å². The predicted molar refractivity (Wildman–Crippen MR) is 317 cm³/mol. The van der Waals surface area contributed by atoms with Crippen LogP contribution in [0.5, 0.6) is 28.7 Å². The van der Waals surface area contributed by atoms with Gasteiger partial charge in [0.15, 0.2) is 17.3 Å². The minimum atomic E-state index is -5.95. The lowest BCUT2D eigenvalue weighted by Gasteiger charge is -2.38. The van der Waals surface area contributed by atoms with E-state index in [0.29, 0.717) is 41.0 Å². The van der Waals surface area contributed by atoms with Crippen LogP contribution in [-0.4, -0.2) is 59.4 Å². The van der Waals surface area contributed by atoms with Gasteiger partial charge in [0.2, 0.25) is 5.41 Å². The van der Waals surface area contributed by atoms with E-state index in [0.717, 1.165) is 39.0 Å². The normalized spacial score (nSPS) is 14.6. The highest BCUT2D eigenvalue weighted by molar-refractivity contribution is 9.11. The fourth-order valence-electron chi connectivity index (χ4n) is 11.7. The molecule has 3 heterocycles. The van der Waals surface area contributed by atoms with Crippen LogP contribution >= 0.6 is 31.9 Å². The first-order chi connectivity index (χ1) is 43.0. The number of rotatable bonds is 13. The molecule has 24 heteroatoms. The number of halogens is 8. The van der Waals surface area contributed by atoms with Crippen LogP contribution in [0.4, 0.5) is 43.4 Å². The van der Waals surface area contributed by atoms with Crippen LogP contribution in [0.15, 0.2) is 191 Å². The summed E-state index contributed by atoms with van der Waals surface area (Å²) >= 11 is 6.73. The summed E-state index contributed by atoms with van der Waals surface area (Å²) in [6, 6.07) is 38.1. The van der Waals surface area contributed by atoms with E-state index in [9.17, 15) is 38.4 Å². The Morgan fingerprint density at radius 3 is 1.20 bits per heavy atom. The number of nitrogens with two attached hydrogens (primary N) is 1. The molecule has 16 nitrogen and oxygen atoms in total. The van der Waals surface area contributed by atoms with Crippen LogP contribution in [-0.2, 0) is 10.4 Å². The van der Waals surface area contributed by atoms with Gasteiger partial charge in [-0.25, -0.2) is 14.7 Å². The van der Waals surface area contributed by atoms with Crippen LogP contribution in [0.2, 0.25) is 0 Å². The van der Waals surface area contributed by atoms with E-state index in [1.165, 1.54) is 97.1 Å². The molecule has 0 radical (unpaired) electrons. The number of carbonyl (C=O) groups excluding carboxylic acids is 8. The van der Waals surface area contributed by atoms with Crippen molar-refractivity contribution in [2.75, 3.05) is 14.7 Å². The summed E-state index contributed by atoms with van der Waals surface area (Å²) in [5.41, 5.74) is -4.38. The van der Waals surface area contributed by atoms with Gasteiger partial charge in [0.1, 0.15) is 23.0 Å². The lowest BCUT2D eigenvalue weighted by atomic mass is 9.73. The van der Waals surface area contributed by atoms with Crippen molar-refractivity contribution >= 4 is 95.9 Å². The first kappa shape index (κ1) is 58.6. The third-order valence-electron chi connectivity index (χ3n) is 15.7. The molecule has 9 aromatic carbocycles. The summed E-state index contributed by atoms with van der Waals surface area (Å²) in [5, 5.41) is 0. The molecule has 3 aliphatic heterocycles. The first-order valence-electron chi connectivity index (χ1n) is 26.7. The van der Waals surface area contributed by atoms with Crippen LogP contribution in [0.25, 0.3) is 22.3 Å². The molecular formula is C66H34Br2F6N4O12. The summed E-state index contributed by atoms with van der Waals surface area (Å²) in [6.07, 6.45) is -12.2. The SMILES string of the molecule is NOOc1cc(Br)c(N2C(=O)c3cccc(-c4ccc5c(c4)C(=O)N(c4ccc(Oc6ccc(C(c7ccc(Oc8ccc(N9C(=O)c%10ccc(-c%11cccc%12c%11C(=O)CC%12=O)cc%10C9=O)cc8)cc7)(C(F)(F)F)C(F)(F)F)cc6)cc4)C5=O)c3C2=O)c(Br)c1. The van der Waals surface area contributed by atoms with Gasteiger partial charge in [0, 0.05) is 32.2 Å². The Morgan fingerprint density at radius 1 is 0.378 bits per heavy atom. The Bertz CT molecular complexity index is 4620. The Balaban J connectivity index is 0.686. The molecular weight excluding hydrogens is 1310 g/mol. The maximum absolute atomic E-state index is 15.3. The Morgan fingerprint density at radius 2 is 0.767 bits per heavy atom. The maximum Gasteiger partial charge on any atom is 0.411 e. The second-order valence-electron chi connectivity index (χ2n) is 20.7. The average Bonchev–Trinajstić information content (AvgIpc) is 1.39. The number of hydrogen-bond acceptors (Lipinski definition) is 13. The Hall–Kier alpha value is -10.4. The number of imide groups is 3.